The average molecular weight is 282 g/mol. The molecule has 1 aromatic heterocycles. The van der Waals surface area contributed by atoms with Crippen molar-refractivity contribution < 1.29 is 14.4 Å². The molecule has 0 unspecified atom stereocenters. The summed E-state index contributed by atoms with van der Waals surface area (Å²) in [4.78, 5) is 42.2. The van der Waals surface area contributed by atoms with Crippen LogP contribution in [-0.2, 0) is 20.8 Å². The molecule has 110 valence electrons. The van der Waals surface area contributed by atoms with E-state index in [0.717, 1.165) is 0 Å². The van der Waals surface area contributed by atoms with E-state index in [4.69, 9.17) is 11.5 Å². The zero-order chi connectivity index (χ0) is 15.1. The Morgan fingerprint density at radius 1 is 1.50 bits per heavy atom. The number of imidazole rings is 1. The Morgan fingerprint density at radius 2 is 2.20 bits per heavy atom. The smallest absolute Gasteiger partial charge is 0.242 e. The van der Waals surface area contributed by atoms with Crippen LogP contribution in [0.2, 0.25) is 0 Å². The minimum absolute atomic E-state index is 0.204. The molecule has 9 nitrogen and oxygen atoms in total. The highest BCUT2D eigenvalue weighted by Crippen LogP contribution is 2.05. The van der Waals surface area contributed by atoms with Crippen molar-refractivity contribution in [3.8, 4) is 0 Å². The van der Waals surface area contributed by atoms with Gasteiger partial charge in [0.25, 0.3) is 0 Å². The maximum absolute atomic E-state index is 11.9. The molecule has 0 bridgehead atoms. The van der Waals surface area contributed by atoms with Gasteiger partial charge in [0.1, 0.15) is 6.04 Å². The zero-order valence-electron chi connectivity index (χ0n) is 11.1. The number of nitrogens with one attached hydrogen (secondary N) is 2. The Bertz CT molecular complexity index is 473. The maximum atomic E-state index is 11.9. The second kappa shape index (κ2) is 7.24. The molecular formula is C11H18N6O3. The highest BCUT2D eigenvalue weighted by atomic mass is 16.2. The highest BCUT2D eigenvalue weighted by Gasteiger charge is 2.25. The minimum Gasteiger partial charge on any atom is -0.368 e. The molecule has 0 radical (unpaired) electrons. The summed E-state index contributed by atoms with van der Waals surface area (Å²) >= 11 is 0. The summed E-state index contributed by atoms with van der Waals surface area (Å²) in [6.07, 6.45) is 3.24. The van der Waals surface area contributed by atoms with Gasteiger partial charge in [-0.25, -0.2) is 4.98 Å². The molecule has 9 heteroatoms. The van der Waals surface area contributed by atoms with E-state index in [1.54, 1.807) is 6.20 Å². The van der Waals surface area contributed by atoms with Crippen molar-refractivity contribution in [3.05, 3.63) is 18.2 Å². The largest absolute Gasteiger partial charge is 0.368 e. The molecule has 0 saturated carbocycles. The number of nitrogens with two attached hydrogens (primary N) is 2. The molecule has 0 spiro atoms. The van der Waals surface area contributed by atoms with E-state index in [1.807, 2.05) is 0 Å². The molecule has 6 N–H and O–H groups in total. The monoisotopic (exact) mass is 282 g/mol. The summed E-state index contributed by atoms with van der Waals surface area (Å²) in [7, 11) is 1.45. The molecule has 1 aromatic rings. The van der Waals surface area contributed by atoms with Gasteiger partial charge in [0.2, 0.25) is 17.7 Å². The van der Waals surface area contributed by atoms with E-state index in [-0.39, 0.29) is 19.5 Å². The van der Waals surface area contributed by atoms with Crippen LogP contribution in [0.15, 0.2) is 12.5 Å². The standard InChI is InChI=1S/C11H18N6O3/c1-17(10(19)5-15-9(18)3-12)8(11(13)20)2-7-4-14-6-16-7/h4,6,8H,2-3,5,12H2,1H3,(H2,13,20)(H,14,16)(H,15,18)/t8-/m0/s1. The van der Waals surface area contributed by atoms with Crippen LogP contribution in [0.1, 0.15) is 5.69 Å². The number of H-pyrrole nitrogens is 1. The molecule has 0 aromatic carbocycles. The van der Waals surface area contributed by atoms with Gasteiger partial charge in [-0.2, -0.15) is 0 Å². The van der Waals surface area contributed by atoms with Gasteiger partial charge in [0.15, 0.2) is 0 Å². The molecule has 1 atom stereocenters. The van der Waals surface area contributed by atoms with E-state index in [2.05, 4.69) is 15.3 Å². The van der Waals surface area contributed by atoms with Gasteiger partial charge in [-0.1, -0.05) is 0 Å². The molecule has 0 aliphatic rings. The van der Waals surface area contributed by atoms with Gasteiger partial charge in [-0.15, -0.1) is 0 Å². The van der Waals surface area contributed by atoms with Crippen LogP contribution < -0.4 is 16.8 Å². The number of carbonyl (C=O) groups is 3. The molecule has 0 aliphatic heterocycles. The average Bonchev–Trinajstić information content (AvgIpc) is 2.93. The Balaban J connectivity index is 2.63. The Hall–Kier alpha value is -2.42. The summed E-state index contributed by atoms with van der Waals surface area (Å²) in [5.74, 6) is -1.52. The predicted octanol–water partition coefficient (Wildman–Crippen LogP) is -2.66. The number of aromatic amines is 1. The fourth-order valence-corrected chi connectivity index (χ4v) is 1.58. The van der Waals surface area contributed by atoms with Crippen LogP contribution >= 0.6 is 0 Å². The number of amides is 3. The number of rotatable bonds is 7. The molecule has 0 fully saturated rings. The van der Waals surface area contributed by atoms with E-state index in [0.29, 0.717) is 5.69 Å². The van der Waals surface area contributed by atoms with E-state index in [9.17, 15) is 14.4 Å². The van der Waals surface area contributed by atoms with Gasteiger partial charge < -0.3 is 26.7 Å². The number of nitrogens with zero attached hydrogens (tertiary/aromatic N) is 2. The van der Waals surface area contributed by atoms with E-state index in [1.165, 1.54) is 18.3 Å². The van der Waals surface area contributed by atoms with E-state index >= 15 is 0 Å². The zero-order valence-corrected chi connectivity index (χ0v) is 11.1. The minimum atomic E-state index is -0.822. The second-order valence-corrected chi connectivity index (χ2v) is 4.18. The first-order valence-corrected chi connectivity index (χ1v) is 5.94. The number of primary amides is 1. The third kappa shape index (κ3) is 4.35. The third-order valence-electron chi connectivity index (χ3n) is 2.78. The first-order chi connectivity index (χ1) is 9.45. The van der Waals surface area contributed by atoms with Crippen molar-refractivity contribution in [2.24, 2.45) is 11.5 Å². The van der Waals surface area contributed by atoms with Crippen LogP contribution in [0.4, 0.5) is 0 Å². The molecule has 20 heavy (non-hydrogen) atoms. The van der Waals surface area contributed by atoms with Crippen LogP contribution in [-0.4, -0.2) is 58.8 Å². The summed E-state index contributed by atoms with van der Waals surface area (Å²) in [5, 5.41) is 2.34. The van der Waals surface area contributed by atoms with Gasteiger partial charge in [0.05, 0.1) is 19.4 Å². The number of hydrogen-bond acceptors (Lipinski definition) is 5. The van der Waals surface area contributed by atoms with Gasteiger partial charge in [0, 0.05) is 25.4 Å². The lowest BCUT2D eigenvalue weighted by Crippen LogP contribution is -2.50. The molecule has 1 heterocycles. The second-order valence-electron chi connectivity index (χ2n) is 4.18. The lowest BCUT2D eigenvalue weighted by atomic mass is 10.1. The number of likely N-dealkylation sites (N-methyl/N-ethyl adjacent to an activating group) is 1. The molecule has 0 aliphatic carbocycles. The topological polar surface area (TPSA) is 147 Å². The molecule has 1 rings (SSSR count). The molecule has 0 saturated heterocycles. The van der Waals surface area contributed by atoms with Gasteiger partial charge in [-0.3, -0.25) is 14.4 Å². The fraction of sp³-hybridized carbons (Fsp3) is 0.455. The summed E-state index contributed by atoms with van der Waals surface area (Å²) in [6.45, 7) is -0.441. The van der Waals surface area contributed by atoms with Gasteiger partial charge >= 0.3 is 0 Å². The highest BCUT2D eigenvalue weighted by molar-refractivity contribution is 5.89. The summed E-state index contributed by atoms with van der Waals surface area (Å²) in [5.41, 5.74) is 11.1. The molecule has 3 amide bonds. The Labute approximate surface area is 115 Å². The number of hydrogen-bond donors (Lipinski definition) is 4. The number of carbonyl (C=O) groups excluding carboxylic acids is 3. The normalized spacial score (nSPS) is 11.7. The van der Waals surface area contributed by atoms with Crippen molar-refractivity contribution in [2.45, 2.75) is 12.5 Å². The maximum Gasteiger partial charge on any atom is 0.242 e. The summed E-state index contributed by atoms with van der Waals surface area (Å²) < 4.78 is 0. The van der Waals surface area contributed by atoms with E-state index < -0.39 is 23.8 Å². The first-order valence-electron chi connectivity index (χ1n) is 5.94. The van der Waals surface area contributed by atoms with Crippen LogP contribution in [0.3, 0.4) is 0 Å². The van der Waals surface area contributed by atoms with Crippen molar-refractivity contribution in [3.63, 3.8) is 0 Å². The third-order valence-corrected chi connectivity index (χ3v) is 2.78. The van der Waals surface area contributed by atoms with Crippen LogP contribution in [0, 0.1) is 0 Å². The lowest BCUT2D eigenvalue weighted by molar-refractivity contribution is -0.137. The lowest BCUT2D eigenvalue weighted by Gasteiger charge is -2.25. The Morgan fingerprint density at radius 3 is 2.70 bits per heavy atom. The first kappa shape index (κ1) is 15.6. The summed E-state index contributed by atoms with van der Waals surface area (Å²) in [6, 6.07) is -0.822. The predicted molar refractivity (Wildman–Crippen MR) is 70.1 cm³/mol. The van der Waals surface area contributed by atoms with Crippen LogP contribution in [0.5, 0.6) is 0 Å². The van der Waals surface area contributed by atoms with Gasteiger partial charge in [-0.05, 0) is 0 Å². The van der Waals surface area contributed by atoms with Crippen molar-refractivity contribution >= 4 is 17.7 Å². The quantitative estimate of drug-likeness (QED) is 0.431. The van der Waals surface area contributed by atoms with Crippen molar-refractivity contribution in [1.29, 1.82) is 0 Å². The Kier molecular flexibility index (Phi) is 5.66. The SMILES string of the molecule is CN(C(=O)CNC(=O)CN)[C@@H](Cc1cnc[nH]1)C(N)=O. The van der Waals surface area contributed by atoms with Crippen molar-refractivity contribution in [1.82, 2.24) is 20.2 Å². The fourth-order valence-electron chi connectivity index (χ4n) is 1.58. The number of aromatic nitrogens is 2. The van der Waals surface area contributed by atoms with Crippen molar-refractivity contribution in [2.75, 3.05) is 20.1 Å². The van der Waals surface area contributed by atoms with Crippen LogP contribution in [0.25, 0.3) is 0 Å². The molecular weight excluding hydrogens is 264 g/mol.